The van der Waals surface area contributed by atoms with Crippen LogP contribution in [0.3, 0.4) is 0 Å². The summed E-state index contributed by atoms with van der Waals surface area (Å²) in [5.41, 5.74) is 2.72. The fourth-order valence-corrected chi connectivity index (χ4v) is 5.10. The van der Waals surface area contributed by atoms with Gasteiger partial charge in [0, 0.05) is 38.3 Å². The van der Waals surface area contributed by atoms with Crippen molar-refractivity contribution >= 4 is 17.2 Å². The zero-order valence-corrected chi connectivity index (χ0v) is 21.0. The predicted molar refractivity (Wildman–Crippen MR) is 136 cm³/mol. The molecule has 180 valence electrons. The lowest BCUT2D eigenvalue weighted by Crippen LogP contribution is -2.47. The number of nitrogens with one attached hydrogen (secondary N) is 1. The molecule has 0 spiro atoms. The Morgan fingerprint density at radius 2 is 1.76 bits per heavy atom. The summed E-state index contributed by atoms with van der Waals surface area (Å²) in [6.45, 7) is 6.74. The van der Waals surface area contributed by atoms with E-state index >= 15 is 0 Å². The van der Waals surface area contributed by atoms with Crippen molar-refractivity contribution in [1.82, 2.24) is 20.1 Å². The average molecular weight is 481 g/mol. The lowest BCUT2D eigenvalue weighted by Gasteiger charge is -2.35. The van der Waals surface area contributed by atoms with E-state index in [1.54, 1.807) is 14.2 Å². The summed E-state index contributed by atoms with van der Waals surface area (Å²) < 4.78 is 10.8. The van der Waals surface area contributed by atoms with Crippen LogP contribution in [0.1, 0.15) is 27.0 Å². The summed E-state index contributed by atoms with van der Waals surface area (Å²) in [7, 11) is 5.37. The number of methoxy groups -OCH3 is 2. The van der Waals surface area contributed by atoms with Crippen molar-refractivity contribution < 1.29 is 14.3 Å². The van der Waals surface area contributed by atoms with E-state index in [1.165, 1.54) is 11.3 Å². The summed E-state index contributed by atoms with van der Waals surface area (Å²) in [5.74, 6) is 1.20. The molecule has 1 fully saturated rings. The highest BCUT2D eigenvalue weighted by Crippen LogP contribution is 2.35. The molecule has 1 amide bonds. The standard InChI is InChI=1S/C26H32N4O3S/c1-18-24(34-26(27-18)20-10-11-22(32-3)23(16-20)33-4)25(31)28-21(19-8-6-5-7-9-19)17-30-14-12-29(2)13-15-30/h5-11,16,21H,12-15,17H2,1-4H3,(H,28,31). The highest BCUT2D eigenvalue weighted by molar-refractivity contribution is 7.17. The second-order valence-electron chi connectivity index (χ2n) is 8.54. The van der Waals surface area contributed by atoms with E-state index in [2.05, 4.69) is 39.3 Å². The van der Waals surface area contributed by atoms with Crippen LogP contribution < -0.4 is 14.8 Å². The summed E-state index contributed by atoms with van der Waals surface area (Å²) >= 11 is 1.40. The third-order valence-corrected chi connectivity index (χ3v) is 7.38. The molecule has 1 aliphatic rings. The first-order valence-electron chi connectivity index (χ1n) is 11.4. The Morgan fingerprint density at radius 1 is 1.06 bits per heavy atom. The van der Waals surface area contributed by atoms with Crippen molar-refractivity contribution in [2.45, 2.75) is 13.0 Å². The van der Waals surface area contributed by atoms with Crippen molar-refractivity contribution in [3.8, 4) is 22.1 Å². The topological polar surface area (TPSA) is 66.9 Å². The first-order chi connectivity index (χ1) is 16.5. The SMILES string of the molecule is COc1ccc(-c2nc(C)c(C(=O)NC(CN3CCN(C)CC3)c3ccccc3)s2)cc1OC. The summed E-state index contributed by atoms with van der Waals surface area (Å²) in [6.07, 6.45) is 0. The largest absolute Gasteiger partial charge is 0.493 e. The van der Waals surface area contributed by atoms with Crippen LogP contribution >= 0.6 is 11.3 Å². The molecule has 1 atom stereocenters. The van der Waals surface area contributed by atoms with Crippen molar-refractivity contribution in [2.75, 3.05) is 54.0 Å². The van der Waals surface area contributed by atoms with Crippen molar-refractivity contribution in [3.63, 3.8) is 0 Å². The Balaban J connectivity index is 1.54. The van der Waals surface area contributed by atoms with E-state index in [0.717, 1.165) is 54.6 Å². The molecule has 1 N–H and O–H groups in total. The molecule has 0 radical (unpaired) electrons. The van der Waals surface area contributed by atoms with Crippen molar-refractivity contribution in [3.05, 3.63) is 64.7 Å². The van der Waals surface area contributed by atoms with Gasteiger partial charge in [0.15, 0.2) is 11.5 Å². The van der Waals surface area contributed by atoms with Gasteiger partial charge in [-0.15, -0.1) is 11.3 Å². The lowest BCUT2D eigenvalue weighted by atomic mass is 10.1. The number of ether oxygens (including phenoxy) is 2. The summed E-state index contributed by atoms with van der Waals surface area (Å²) in [4.78, 5) is 23.5. The van der Waals surface area contributed by atoms with E-state index < -0.39 is 0 Å². The number of hydrogen-bond acceptors (Lipinski definition) is 7. The molecule has 1 saturated heterocycles. The number of thiazole rings is 1. The molecule has 2 aromatic carbocycles. The van der Waals surface area contributed by atoms with Crippen LogP contribution in [0.4, 0.5) is 0 Å². The maximum Gasteiger partial charge on any atom is 0.263 e. The Bertz CT molecular complexity index is 1110. The third kappa shape index (κ3) is 5.58. The number of likely N-dealkylation sites (N-methyl/N-ethyl adjacent to an activating group) is 1. The van der Waals surface area contributed by atoms with E-state index in [9.17, 15) is 4.79 Å². The van der Waals surface area contributed by atoms with Gasteiger partial charge in [-0.1, -0.05) is 30.3 Å². The molecule has 7 nitrogen and oxygen atoms in total. The molecule has 8 heteroatoms. The highest BCUT2D eigenvalue weighted by atomic mass is 32.1. The minimum absolute atomic E-state index is 0.0929. The molecule has 0 aliphatic carbocycles. The van der Waals surface area contributed by atoms with Crippen LogP contribution in [0, 0.1) is 6.92 Å². The van der Waals surface area contributed by atoms with Gasteiger partial charge in [0.1, 0.15) is 9.88 Å². The van der Waals surface area contributed by atoms with Gasteiger partial charge in [-0.05, 0) is 37.7 Å². The summed E-state index contributed by atoms with van der Waals surface area (Å²) in [5, 5.41) is 4.06. The molecule has 34 heavy (non-hydrogen) atoms. The molecule has 1 unspecified atom stereocenters. The van der Waals surface area contributed by atoms with Gasteiger partial charge < -0.3 is 19.7 Å². The molecule has 1 aromatic heterocycles. The highest BCUT2D eigenvalue weighted by Gasteiger charge is 2.24. The van der Waals surface area contributed by atoms with Gasteiger partial charge in [0.25, 0.3) is 5.91 Å². The summed E-state index contributed by atoms with van der Waals surface area (Å²) in [6, 6.07) is 15.8. The van der Waals surface area contributed by atoms with E-state index in [0.29, 0.717) is 16.4 Å². The number of amides is 1. The van der Waals surface area contributed by atoms with Gasteiger partial charge >= 0.3 is 0 Å². The molecular weight excluding hydrogens is 448 g/mol. The number of carbonyl (C=O) groups is 1. The normalized spacial score (nSPS) is 15.6. The third-order valence-electron chi connectivity index (χ3n) is 6.18. The maximum absolute atomic E-state index is 13.4. The number of nitrogens with zero attached hydrogens (tertiary/aromatic N) is 3. The van der Waals surface area contributed by atoms with Crippen LogP contribution in [0.2, 0.25) is 0 Å². The van der Waals surface area contributed by atoms with Crippen LogP contribution in [-0.2, 0) is 0 Å². The first kappa shape index (κ1) is 24.2. The van der Waals surface area contributed by atoms with Gasteiger partial charge in [0.2, 0.25) is 0 Å². The smallest absolute Gasteiger partial charge is 0.263 e. The van der Waals surface area contributed by atoms with Gasteiger partial charge in [-0.2, -0.15) is 0 Å². The van der Waals surface area contributed by atoms with Crippen LogP contribution in [0.5, 0.6) is 11.5 Å². The zero-order chi connectivity index (χ0) is 24.1. The van der Waals surface area contributed by atoms with Crippen molar-refractivity contribution in [2.24, 2.45) is 0 Å². The Kier molecular flexibility index (Phi) is 7.82. The van der Waals surface area contributed by atoms with E-state index in [4.69, 9.17) is 9.47 Å². The number of rotatable bonds is 8. The molecule has 4 rings (SSSR count). The quantitative estimate of drug-likeness (QED) is 0.528. The second kappa shape index (κ2) is 11.0. The number of benzene rings is 2. The predicted octanol–water partition coefficient (Wildman–Crippen LogP) is 3.85. The lowest BCUT2D eigenvalue weighted by molar-refractivity contribution is 0.0910. The van der Waals surface area contributed by atoms with E-state index in [-0.39, 0.29) is 11.9 Å². The van der Waals surface area contributed by atoms with Gasteiger partial charge in [-0.3, -0.25) is 9.69 Å². The monoisotopic (exact) mass is 480 g/mol. The Hall–Kier alpha value is -2.94. The fraction of sp³-hybridized carbons (Fsp3) is 0.385. The fourth-order valence-electron chi connectivity index (χ4n) is 4.13. The maximum atomic E-state index is 13.4. The minimum atomic E-state index is -0.0943. The average Bonchev–Trinajstić information content (AvgIpc) is 3.26. The number of aryl methyl sites for hydroxylation is 1. The molecular formula is C26H32N4O3S. The number of aromatic nitrogens is 1. The van der Waals surface area contributed by atoms with Gasteiger partial charge in [0.05, 0.1) is 26.0 Å². The minimum Gasteiger partial charge on any atom is -0.493 e. The Labute approximate surface area is 205 Å². The molecule has 3 aromatic rings. The zero-order valence-electron chi connectivity index (χ0n) is 20.2. The molecule has 0 bridgehead atoms. The van der Waals surface area contributed by atoms with Gasteiger partial charge in [-0.25, -0.2) is 4.98 Å². The van der Waals surface area contributed by atoms with Crippen LogP contribution in [-0.4, -0.2) is 74.7 Å². The number of carbonyl (C=O) groups excluding carboxylic acids is 1. The number of hydrogen-bond donors (Lipinski definition) is 1. The van der Waals surface area contributed by atoms with Crippen LogP contribution in [0.25, 0.3) is 10.6 Å². The van der Waals surface area contributed by atoms with Crippen molar-refractivity contribution in [1.29, 1.82) is 0 Å². The Morgan fingerprint density at radius 3 is 2.44 bits per heavy atom. The second-order valence-corrected chi connectivity index (χ2v) is 9.54. The molecule has 0 saturated carbocycles. The molecule has 1 aliphatic heterocycles. The molecule has 2 heterocycles. The van der Waals surface area contributed by atoms with E-state index in [1.807, 2.05) is 43.3 Å². The number of piperazine rings is 1. The van der Waals surface area contributed by atoms with Crippen LogP contribution in [0.15, 0.2) is 48.5 Å². The first-order valence-corrected chi connectivity index (χ1v) is 12.3.